The normalized spacial score (nSPS) is 22.3. The summed E-state index contributed by atoms with van der Waals surface area (Å²) in [5.41, 5.74) is 2.42. The van der Waals surface area contributed by atoms with Crippen molar-refractivity contribution in [2.75, 3.05) is 5.75 Å². The van der Waals surface area contributed by atoms with Gasteiger partial charge in [0, 0.05) is 17.4 Å². The van der Waals surface area contributed by atoms with Gasteiger partial charge in [0.2, 0.25) is 0 Å². The van der Waals surface area contributed by atoms with Crippen LogP contribution in [0.25, 0.3) is 11.0 Å². The van der Waals surface area contributed by atoms with E-state index in [1.165, 1.54) is 18.9 Å². The van der Waals surface area contributed by atoms with Gasteiger partial charge in [-0.25, -0.2) is 9.37 Å². The lowest BCUT2D eigenvalue weighted by atomic mass is 10.2. The minimum Gasteiger partial charge on any atom is -0.323 e. The molecule has 0 N–H and O–H groups in total. The molecule has 0 radical (unpaired) electrons. The van der Waals surface area contributed by atoms with Crippen LogP contribution in [-0.4, -0.2) is 20.6 Å². The van der Waals surface area contributed by atoms with Gasteiger partial charge in [-0.15, -0.1) is 11.6 Å². The third-order valence-corrected chi connectivity index (χ3v) is 5.84. The lowest BCUT2D eigenvalue weighted by Crippen LogP contribution is -2.18. The molecule has 1 aromatic carbocycles. The first kappa shape index (κ1) is 15.2. The maximum absolute atomic E-state index is 13.8. The molecule has 2 aromatic rings. The fourth-order valence-electron chi connectivity index (χ4n) is 3.34. The molecule has 21 heavy (non-hydrogen) atoms. The molecule has 0 amide bonds. The first-order chi connectivity index (χ1) is 10.2. The Kier molecular flexibility index (Phi) is 4.46. The summed E-state index contributed by atoms with van der Waals surface area (Å²) in [5, 5.41) is 0.611. The van der Waals surface area contributed by atoms with E-state index < -0.39 is 0 Å². The lowest BCUT2D eigenvalue weighted by Gasteiger charge is -2.23. The van der Waals surface area contributed by atoms with Crippen LogP contribution in [0.2, 0.25) is 0 Å². The summed E-state index contributed by atoms with van der Waals surface area (Å²) < 4.78 is 16.1. The molecule has 5 heteroatoms. The van der Waals surface area contributed by atoms with Crippen molar-refractivity contribution in [2.45, 2.75) is 50.3 Å². The molecule has 1 saturated carbocycles. The molecule has 2 atom stereocenters. The van der Waals surface area contributed by atoms with Crippen LogP contribution in [0.4, 0.5) is 4.39 Å². The number of aryl methyl sites for hydroxylation is 1. The fraction of sp³-hybridized carbons (Fsp3) is 0.562. The van der Waals surface area contributed by atoms with E-state index in [9.17, 15) is 4.39 Å². The molecule has 0 aliphatic heterocycles. The summed E-state index contributed by atoms with van der Waals surface area (Å²) in [6.07, 6.45) is 3.64. The summed E-state index contributed by atoms with van der Waals surface area (Å²) in [6, 6.07) is 3.88. The van der Waals surface area contributed by atoms with E-state index in [1.807, 2.05) is 17.8 Å². The zero-order valence-electron chi connectivity index (χ0n) is 12.4. The minimum absolute atomic E-state index is 0.195. The zero-order valence-corrected chi connectivity index (χ0v) is 14.0. The average Bonchev–Trinajstić information content (AvgIpc) is 3.04. The number of nitrogens with zero attached hydrogens (tertiary/aromatic N) is 2. The Labute approximate surface area is 134 Å². The molecule has 114 valence electrons. The van der Waals surface area contributed by atoms with Gasteiger partial charge in [0.1, 0.15) is 11.6 Å². The molecule has 3 rings (SSSR count). The number of thioether (sulfide) groups is 1. The fourth-order valence-corrected chi connectivity index (χ4v) is 4.77. The van der Waals surface area contributed by atoms with Crippen LogP contribution in [-0.2, 0) is 5.88 Å². The Hall–Kier alpha value is -0.740. The lowest BCUT2D eigenvalue weighted by molar-refractivity contribution is 0.527. The van der Waals surface area contributed by atoms with Crippen molar-refractivity contribution < 1.29 is 4.39 Å². The molecule has 2 nitrogen and oxygen atoms in total. The highest BCUT2D eigenvalue weighted by molar-refractivity contribution is 7.99. The van der Waals surface area contributed by atoms with Crippen molar-refractivity contribution in [3.8, 4) is 0 Å². The second-order valence-corrected chi connectivity index (χ2v) is 7.40. The first-order valence-electron chi connectivity index (χ1n) is 7.50. The van der Waals surface area contributed by atoms with E-state index in [2.05, 4.69) is 16.5 Å². The Morgan fingerprint density at radius 2 is 2.24 bits per heavy atom. The van der Waals surface area contributed by atoms with Gasteiger partial charge in [0.05, 0.1) is 16.9 Å². The number of halogens is 2. The van der Waals surface area contributed by atoms with Crippen LogP contribution in [0.5, 0.6) is 0 Å². The summed E-state index contributed by atoms with van der Waals surface area (Å²) >= 11 is 8.12. The largest absolute Gasteiger partial charge is 0.323 e. The Morgan fingerprint density at radius 3 is 2.95 bits per heavy atom. The molecule has 1 aliphatic rings. The third-order valence-electron chi connectivity index (χ3n) is 4.29. The van der Waals surface area contributed by atoms with Crippen LogP contribution in [0, 0.1) is 12.7 Å². The number of aromatic nitrogens is 2. The smallest absolute Gasteiger partial charge is 0.128 e. The van der Waals surface area contributed by atoms with E-state index in [-0.39, 0.29) is 5.82 Å². The maximum atomic E-state index is 13.8. The van der Waals surface area contributed by atoms with E-state index in [0.29, 0.717) is 22.7 Å². The Bertz CT molecular complexity index is 655. The predicted octanol–water partition coefficient (Wildman–Crippen LogP) is 5.07. The van der Waals surface area contributed by atoms with E-state index >= 15 is 0 Å². The van der Waals surface area contributed by atoms with Gasteiger partial charge in [0.15, 0.2) is 0 Å². The van der Waals surface area contributed by atoms with Crippen LogP contribution in [0.1, 0.15) is 43.6 Å². The Morgan fingerprint density at radius 1 is 1.43 bits per heavy atom. The number of alkyl halides is 1. The summed E-state index contributed by atoms with van der Waals surface area (Å²) in [4.78, 5) is 4.55. The van der Waals surface area contributed by atoms with Crippen LogP contribution in [0.15, 0.2) is 12.1 Å². The van der Waals surface area contributed by atoms with Crippen molar-refractivity contribution in [3.05, 3.63) is 29.3 Å². The number of rotatable bonds is 4. The van der Waals surface area contributed by atoms with Gasteiger partial charge in [0.25, 0.3) is 0 Å². The van der Waals surface area contributed by atoms with E-state index in [0.717, 1.165) is 29.0 Å². The number of benzene rings is 1. The highest BCUT2D eigenvalue weighted by Crippen LogP contribution is 2.41. The van der Waals surface area contributed by atoms with Gasteiger partial charge >= 0.3 is 0 Å². The second kappa shape index (κ2) is 6.17. The minimum atomic E-state index is -0.195. The predicted molar refractivity (Wildman–Crippen MR) is 88.8 cm³/mol. The molecule has 1 fully saturated rings. The maximum Gasteiger partial charge on any atom is 0.128 e. The molecule has 1 aromatic heterocycles. The quantitative estimate of drug-likeness (QED) is 0.730. The van der Waals surface area contributed by atoms with Crippen molar-refractivity contribution in [2.24, 2.45) is 0 Å². The van der Waals surface area contributed by atoms with Crippen LogP contribution in [0.3, 0.4) is 0 Å². The van der Waals surface area contributed by atoms with Crippen molar-refractivity contribution in [1.29, 1.82) is 0 Å². The van der Waals surface area contributed by atoms with Gasteiger partial charge in [-0.3, -0.25) is 0 Å². The molecular formula is C16H20ClFN2S. The van der Waals surface area contributed by atoms with E-state index in [1.54, 1.807) is 6.92 Å². The Balaban J connectivity index is 2.13. The number of fused-ring (bicyclic) bond motifs is 1. The number of imidazole rings is 1. The molecule has 1 aliphatic carbocycles. The number of hydrogen-bond acceptors (Lipinski definition) is 2. The number of hydrogen-bond donors (Lipinski definition) is 0. The summed E-state index contributed by atoms with van der Waals surface area (Å²) in [5.74, 6) is 2.16. The highest BCUT2D eigenvalue weighted by Gasteiger charge is 2.31. The molecular weight excluding hydrogens is 307 g/mol. The van der Waals surface area contributed by atoms with Gasteiger partial charge < -0.3 is 4.57 Å². The van der Waals surface area contributed by atoms with E-state index in [4.69, 9.17) is 11.6 Å². The third kappa shape index (κ3) is 2.68. The SMILES string of the molecule is CCSC1CCCC1n1c(CCl)nc2cc(F)c(C)cc21. The standard InChI is InChI=1S/C16H20ClFN2S/c1-3-21-15-6-4-5-13(15)20-14-7-10(2)11(18)8-12(14)19-16(20)9-17/h7-8,13,15H,3-6,9H2,1-2H3. The second-order valence-electron chi connectivity index (χ2n) is 5.61. The molecule has 0 bridgehead atoms. The van der Waals surface area contributed by atoms with Crippen LogP contribution < -0.4 is 0 Å². The average molecular weight is 327 g/mol. The van der Waals surface area contributed by atoms with Gasteiger partial charge in [-0.1, -0.05) is 13.3 Å². The van der Waals surface area contributed by atoms with Crippen LogP contribution >= 0.6 is 23.4 Å². The van der Waals surface area contributed by atoms with Gasteiger partial charge in [-0.05, 0) is 37.1 Å². The van der Waals surface area contributed by atoms with Crippen molar-refractivity contribution in [1.82, 2.24) is 9.55 Å². The zero-order chi connectivity index (χ0) is 15.0. The van der Waals surface area contributed by atoms with Crippen molar-refractivity contribution in [3.63, 3.8) is 0 Å². The first-order valence-corrected chi connectivity index (χ1v) is 9.08. The molecule has 1 heterocycles. The molecule has 0 spiro atoms. The molecule has 2 unspecified atom stereocenters. The van der Waals surface area contributed by atoms with Gasteiger partial charge in [-0.2, -0.15) is 11.8 Å². The monoisotopic (exact) mass is 326 g/mol. The van der Waals surface area contributed by atoms with Crippen molar-refractivity contribution >= 4 is 34.4 Å². The highest BCUT2D eigenvalue weighted by atomic mass is 35.5. The summed E-state index contributed by atoms with van der Waals surface area (Å²) in [7, 11) is 0. The molecule has 0 saturated heterocycles. The summed E-state index contributed by atoms with van der Waals surface area (Å²) in [6.45, 7) is 4.01. The topological polar surface area (TPSA) is 17.8 Å².